The summed E-state index contributed by atoms with van der Waals surface area (Å²) < 4.78 is 62.1. The number of aromatic nitrogens is 4. The first-order valence-electron chi connectivity index (χ1n) is 15.9. The number of hydrogen-bond acceptors (Lipinski definition) is 19. The molecule has 11 N–H and O–H groups in total. The second-order valence-electron chi connectivity index (χ2n) is 12.2. The van der Waals surface area contributed by atoms with E-state index in [-0.39, 0.29) is 48.9 Å². The number of ether oxygens (including phenoxy) is 1. The molecule has 3 rings (SSSR count). The molecule has 2 aromatic heterocycles. The summed E-state index contributed by atoms with van der Waals surface area (Å²) in [5.74, 6) is -2.41. The van der Waals surface area contributed by atoms with Crippen molar-refractivity contribution in [1.29, 1.82) is 0 Å². The molecule has 29 heteroatoms. The van der Waals surface area contributed by atoms with Gasteiger partial charge in [0, 0.05) is 37.3 Å². The molecule has 310 valence electrons. The van der Waals surface area contributed by atoms with Crippen LogP contribution in [0.2, 0.25) is 0 Å². The van der Waals surface area contributed by atoms with E-state index in [1.165, 1.54) is 19.9 Å². The highest BCUT2D eigenvalue weighted by Crippen LogP contribution is 2.61. The molecule has 25 nitrogen and oxygen atoms in total. The van der Waals surface area contributed by atoms with Gasteiger partial charge in [-0.25, -0.2) is 28.6 Å². The fraction of sp³-hybridized carbons (Fsp3) is 0.615. The lowest BCUT2D eigenvalue weighted by molar-refractivity contribution is -0.137. The van der Waals surface area contributed by atoms with Crippen molar-refractivity contribution in [2.45, 2.75) is 57.3 Å². The third kappa shape index (κ3) is 13.7. The van der Waals surface area contributed by atoms with Crippen LogP contribution in [0.3, 0.4) is 0 Å². The van der Waals surface area contributed by atoms with Gasteiger partial charge < -0.3 is 56.0 Å². The Kier molecular flexibility index (Phi) is 16.6. The lowest BCUT2D eigenvalue weighted by Gasteiger charge is -2.30. The molecule has 0 aromatic carbocycles. The number of carbonyl (C=O) groups excluding carboxylic acids is 3. The molecule has 1 aliphatic rings. The van der Waals surface area contributed by atoms with Gasteiger partial charge in [0.15, 0.2) is 17.7 Å². The molecule has 0 spiro atoms. The summed E-state index contributed by atoms with van der Waals surface area (Å²) in [7, 11) is -16.6. The topological polar surface area (TPSA) is 384 Å². The number of aliphatic hydroxyl groups excluding tert-OH is 3. The first-order chi connectivity index (χ1) is 25.5. The average molecular weight is 866 g/mol. The van der Waals surface area contributed by atoms with Crippen molar-refractivity contribution in [1.82, 2.24) is 30.2 Å². The van der Waals surface area contributed by atoms with E-state index >= 15 is 0 Å². The number of ketones is 1. The average Bonchev–Trinajstić information content (AvgIpc) is 3.64. The number of fused-ring (bicyclic) bond motifs is 1. The number of nitrogen functional groups attached to an aromatic ring is 1. The van der Waals surface area contributed by atoms with Gasteiger partial charge in [-0.3, -0.25) is 32.5 Å². The molecule has 1 aliphatic heterocycles. The van der Waals surface area contributed by atoms with Crippen molar-refractivity contribution < 1.29 is 85.6 Å². The molecule has 7 atom stereocenters. The maximum Gasteiger partial charge on any atom is 0.481 e. The van der Waals surface area contributed by atoms with Crippen LogP contribution in [0.25, 0.3) is 11.2 Å². The summed E-state index contributed by atoms with van der Waals surface area (Å²) >= 11 is 3.95. The van der Waals surface area contributed by atoms with Crippen LogP contribution in [0.15, 0.2) is 18.5 Å². The van der Waals surface area contributed by atoms with Crippen molar-refractivity contribution in [3.8, 4) is 0 Å². The molecular weight excluding hydrogens is 823 g/mol. The number of phosphoric acid groups is 3. The van der Waals surface area contributed by atoms with Crippen LogP contribution in [0.4, 0.5) is 5.82 Å². The van der Waals surface area contributed by atoms with Crippen LogP contribution in [0.1, 0.15) is 43.5 Å². The summed E-state index contributed by atoms with van der Waals surface area (Å²) in [5, 5.41) is 35.3. The van der Waals surface area contributed by atoms with Crippen LogP contribution >= 0.6 is 36.1 Å². The molecule has 0 saturated carbocycles. The van der Waals surface area contributed by atoms with Gasteiger partial charge >= 0.3 is 23.5 Å². The first-order valence-corrected chi connectivity index (χ1v) is 21.0. The Hall–Kier alpha value is -2.74. The minimum absolute atomic E-state index is 0.0910. The standard InChI is InChI=1S/C26H42N7O18P3S/c1-26(2,20(38)24(39)29-7-6-16(36)28-8-10-55)12-48-54(45,46)51-53(43,44)47-11-15-19(50-52(40,41)42)18(37)25(49-15)33-13-30-17-21(27)31-22(32-23(17)33)14(35)5-3-4-9-34/h3,5,13,15,18-20,25,34,37-38,55H,4,6-12H2,1-2H3,(H,28,36)(H,29,39)(H,43,44)(H,45,46)(H2,27,31,32)(H2,40,41,42)/t15-,18-,19-,20+,25-/m1/s1. The Morgan fingerprint density at radius 2 is 1.78 bits per heavy atom. The lowest BCUT2D eigenvalue weighted by atomic mass is 9.87. The monoisotopic (exact) mass is 865 g/mol. The summed E-state index contributed by atoms with van der Waals surface area (Å²) in [5.41, 5.74) is 4.01. The Balaban J connectivity index is 1.70. The number of nitrogens with one attached hydrogen (secondary N) is 2. The molecule has 2 amide bonds. The Morgan fingerprint density at radius 1 is 1.11 bits per heavy atom. The molecule has 0 radical (unpaired) electrons. The minimum atomic E-state index is -5.63. The first kappa shape index (κ1) is 46.6. The van der Waals surface area contributed by atoms with Crippen LogP contribution in [0, 0.1) is 5.41 Å². The third-order valence-corrected chi connectivity index (χ3v) is 10.7. The maximum absolute atomic E-state index is 12.7. The van der Waals surface area contributed by atoms with Gasteiger partial charge in [0.1, 0.15) is 29.9 Å². The molecule has 3 heterocycles. The number of anilines is 1. The number of amides is 2. The molecule has 1 saturated heterocycles. The highest BCUT2D eigenvalue weighted by atomic mass is 32.1. The van der Waals surface area contributed by atoms with E-state index in [9.17, 15) is 57.9 Å². The van der Waals surface area contributed by atoms with Crippen LogP contribution in [-0.2, 0) is 45.9 Å². The fourth-order valence-electron chi connectivity index (χ4n) is 4.65. The van der Waals surface area contributed by atoms with Crippen molar-refractivity contribution in [2.75, 3.05) is 44.4 Å². The summed E-state index contributed by atoms with van der Waals surface area (Å²) in [6.07, 6.45) is -5.94. The van der Waals surface area contributed by atoms with Gasteiger partial charge in [0.2, 0.25) is 23.4 Å². The number of aliphatic hydroxyl groups is 3. The Morgan fingerprint density at radius 3 is 2.42 bits per heavy atom. The predicted octanol–water partition coefficient (Wildman–Crippen LogP) is -1.54. The van der Waals surface area contributed by atoms with Crippen molar-refractivity contribution >= 4 is 70.7 Å². The number of imidazole rings is 1. The van der Waals surface area contributed by atoms with E-state index in [4.69, 9.17) is 24.6 Å². The maximum atomic E-state index is 12.7. The molecule has 2 unspecified atom stereocenters. The second kappa shape index (κ2) is 19.6. The largest absolute Gasteiger partial charge is 0.481 e. The van der Waals surface area contributed by atoms with Crippen LogP contribution in [-0.4, -0.2) is 135 Å². The summed E-state index contributed by atoms with van der Waals surface area (Å²) in [6.45, 7) is 0.290. The van der Waals surface area contributed by atoms with Crippen molar-refractivity contribution in [3.05, 3.63) is 24.3 Å². The summed E-state index contributed by atoms with van der Waals surface area (Å²) in [4.78, 5) is 88.0. The second-order valence-corrected chi connectivity index (χ2v) is 16.9. The van der Waals surface area contributed by atoms with E-state index < -0.39 is 90.3 Å². The quantitative estimate of drug-likeness (QED) is 0.0276. The zero-order valence-corrected chi connectivity index (χ0v) is 32.6. The number of nitrogens with two attached hydrogens (primary N) is 1. The molecule has 0 aliphatic carbocycles. The molecule has 2 aromatic rings. The van der Waals surface area contributed by atoms with E-state index in [2.05, 4.69) is 47.0 Å². The smallest absolute Gasteiger partial charge is 0.396 e. The number of phosphoric ester groups is 3. The molecule has 1 fully saturated rings. The van der Waals surface area contributed by atoms with E-state index in [1.807, 2.05) is 0 Å². The van der Waals surface area contributed by atoms with Gasteiger partial charge in [0.25, 0.3) is 0 Å². The fourth-order valence-corrected chi connectivity index (χ4v) is 7.59. The molecule has 55 heavy (non-hydrogen) atoms. The lowest BCUT2D eigenvalue weighted by Crippen LogP contribution is -2.46. The summed E-state index contributed by atoms with van der Waals surface area (Å²) in [6, 6.07) is 0. The zero-order chi connectivity index (χ0) is 41.4. The van der Waals surface area contributed by atoms with Crippen molar-refractivity contribution in [3.63, 3.8) is 0 Å². The number of carbonyl (C=O) groups is 3. The predicted molar refractivity (Wildman–Crippen MR) is 189 cm³/mol. The van der Waals surface area contributed by atoms with E-state index in [1.54, 1.807) is 0 Å². The Bertz CT molecular complexity index is 1860. The number of thiol groups is 1. The number of hydrogen-bond donors (Lipinski definition) is 11. The molecule has 0 bridgehead atoms. The SMILES string of the molecule is CC(C)(COP(=O)(O)OP(=O)(O)OC[C@H]1O[C@@H](n2cnc3c(N)nc(C(=O)C=CCCO)nc32)[C@H](O)[C@@H]1OP(=O)(O)O)[C@@H](O)C(=O)NCCC(=O)NCCS. The van der Waals surface area contributed by atoms with E-state index in [0.29, 0.717) is 12.3 Å². The third-order valence-electron chi connectivity index (χ3n) is 7.36. The number of rotatable bonds is 22. The number of nitrogens with zero attached hydrogens (tertiary/aromatic N) is 4. The number of allylic oxidation sites excluding steroid dienone is 1. The van der Waals surface area contributed by atoms with Gasteiger partial charge in [-0.1, -0.05) is 19.9 Å². The molecular formula is C26H42N7O18P3S. The minimum Gasteiger partial charge on any atom is -0.396 e. The van der Waals surface area contributed by atoms with E-state index in [0.717, 1.165) is 17.0 Å². The van der Waals surface area contributed by atoms with Gasteiger partial charge in [-0.05, 0) is 12.5 Å². The van der Waals surface area contributed by atoms with Gasteiger partial charge in [-0.15, -0.1) is 0 Å². The van der Waals surface area contributed by atoms with Crippen LogP contribution < -0.4 is 16.4 Å². The van der Waals surface area contributed by atoms with Gasteiger partial charge in [-0.2, -0.15) is 16.9 Å². The normalized spacial score (nSPS) is 22.0. The Labute approximate surface area is 317 Å². The highest BCUT2D eigenvalue weighted by molar-refractivity contribution is 7.80. The zero-order valence-electron chi connectivity index (χ0n) is 29.1. The highest BCUT2D eigenvalue weighted by Gasteiger charge is 2.50. The van der Waals surface area contributed by atoms with Crippen LogP contribution in [0.5, 0.6) is 0 Å². The van der Waals surface area contributed by atoms with Crippen molar-refractivity contribution in [2.24, 2.45) is 5.41 Å². The van der Waals surface area contributed by atoms with Gasteiger partial charge in [0.05, 0.1) is 19.5 Å².